The minimum Gasteiger partial charge on any atom is -0.497 e. The minimum atomic E-state index is -0.450. The van der Waals surface area contributed by atoms with Crippen molar-refractivity contribution in [2.75, 3.05) is 19.0 Å². The van der Waals surface area contributed by atoms with E-state index in [0.29, 0.717) is 5.69 Å². The molecule has 23 heavy (non-hydrogen) atoms. The summed E-state index contributed by atoms with van der Waals surface area (Å²) in [7, 11) is 1.58. The van der Waals surface area contributed by atoms with Crippen LogP contribution in [0.15, 0.2) is 48.5 Å². The van der Waals surface area contributed by atoms with E-state index in [1.165, 1.54) is 0 Å². The number of aryl methyl sites for hydroxylation is 1. The molecule has 0 unspecified atom stereocenters. The SMILES string of the molecule is COc1ccc(CC(=O)OCC(=O)Nc2ccc(C)cc2)cc1. The summed E-state index contributed by atoms with van der Waals surface area (Å²) >= 11 is 0. The topological polar surface area (TPSA) is 64.6 Å². The molecule has 0 aliphatic rings. The van der Waals surface area contributed by atoms with Crippen LogP contribution in [-0.2, 0) is 20.7 Å². The van der Waals surface area contributed by atoms with E-state index >= 15 is 0 Å². The summed E-state index contributed by atoms with van der Waals surface area (Å²) < 4.78 is 10.0. The summed E-state index contributed by atoms with van der Waals surface area (Å²) in [5.41, 5.74) is 2.58. The van der Waals surface area contributed by atoms with Crippen molar-refractivity contribution >= 4 is 17.6 Å². The second kappa shape index (κ2) is 7.98. The van der Waals surface area contributed by atoms with Crippen molar-refractivity contribution in [3.05, 3.63) is 59.7 Å². The second-order valence-electron chi connectivity index (χ2n) is 5.10. The number of benzene rings is 2. The number of hydrogen-bond donors (Lipinski definition) is 1. The van der Waals surface area contributed by atoms with Crippen LogP contribution in [0, 0.1) is 6.92 Å². The number of carbonyl (C=O) groups excluding carboxylic acids is 2. The Labute approximate surface area is 135 Å². The van der Waals surface area contributed by atoms with Crippen molar-refractivity contribution in [1.29, 1.82) is 0 Å². The number of rotatable bonds is 6. The first kappa shape index (κ1) is 16.5. The lowest BCUT2D eigenvalue weighted by molar-refractivity contribution is -0.146. The van der Waals surface area contributed by atoms with Crippen molar-refractivity contribution in [3.8, 4) is 5.75 Å². The molecule has 5 heteroatoms. The van der Waals surface area contributed by atoms with Gasteiger partial charge < -0.3 is 14.8 Å². The maximum Gasteiger partial charge on any atom is 0.310 e. The predicted molar refractivity (Wildman–Crippen MR) is 87.5 cm³/mol. The first-order valence-corrected chi connectivity index (χ1v) is 7.22. The van der Waals surface area contributed by atoms with Gasteiger partial charge in [0.1, 0.15) is 5.75 Å². The fourth-order valence-electron chi connectivity index (χ4n) is 1.94. The van der Waals surface area contributed by atoms with E-state index in [9.17, 15) is 9.59 Å². The predicted octanol–water partition coefficient (Wildman–Crippen LogP) is 2.73. The lowest BCUT2D eigenvalue weighted by atomic mass is 10.1. The minimum absolute atomic E-state index is 0.113. The third kappa shape index (κ3) is 5.47. The van der Waals surface area contributed by atoms with Gasteiger partial charge in [-0.15, -0.1) is 0 Å². The smallest absolute Gasteiger partial charge is 0.310 e. The summed E-state index contributed by atoms with van der Waals surface area (Å²) in [5.74, 6) is -0.0919. The Morgan fingerprint density at radius 3 is 2.26 bits per heavy atom. The lowest BCUT2D eigenvalue weighted by Gasteiger charge is -2.07. The van der Waals surface area contributed by atoms with Gasteiger partial charge in [0.2, 0.25) is 0 Å². The van der Waals surface area contributed by atoms with Crippen molar-refractivity contribution in [3.63, 3.8) is 0 Å². The van der Waals surface area contributed by atoms with Gasteiger partial charge in [0.15, 0.2) is 6.61 Å². The summed E-state index contributed by atoms with van der Waals surface area (Å²) in [6.45, 7) is 1.66. The second-order valence-corrected chi connectivity index (χ2v) is 5.10. The fraction of sp³-hybridized carbons (Fsp3) is 0.222. The monoisotopic (exact) mass is 313 g/mol. The summed E-state index contributed by atoms with van der Waals surface area (Å²) in [5, 5.41) is 2.67. The maximum absolute atomic E-state index is 11.7. The third-order valence-electron chi connectivity index (χ3n) is 3.21. The molecule has 0 radical (unpaired) electrons. The molecule has 0 aromatic heterocycles. The van der Waals surface area contributed by atoms with Crippen molar-refractivity contribution in [2.24, 2.45) is 0 Å². The summed E-state index contributed by atoms with van der Waals surface area (Å²) in [4.78, 5) is 23.5. The highest BCUT2D eigenvalue weighted by atomic mass is 16.5. The zero-order valence-corrected chi connectivity index (χ0v) is 13.2. The van der Waals surface area contributed by atoms with Gasteiger partial charge in [-0.3, -0.25) is 9.59 Å². The molecule has 0 bridgehead atoms. The van der Waals surface area contributed by atoms with Gasteiger partial charge in [0, 0.05) is 5.69 Å². The standard InChI is InChI=1S/C18H19NO4/c1-13-3-7-15(8-4-13)19-17(20)12-23-18(21)11-14-5-9-16(22-2)10-6-14/h3-10H,11-12H2,1-2H3,(H,19,20). The van der Waals surface area contributed by atoms with Crippen LogP contribution in [0.3, 0.4) is 0 Å². The van der Waals surface area contributed by atoms with E-state index in [4.69, 9.17) is 9.47 Å². The highest BCUT2D eigenvalue weighted by Crippen LogP contribution is 2.12. The Hall–Kier alpha value is -2.82. The van der Waals surface area contributed by atoms with Gasteiger partial charge in [-0.1, -0.05) is 29.8 Å². The molecular formula is C18H19NO4. The van der Waals surface area contributed by atoms with E-state index in [1.54, 1.807) is 43.5 Å². The summed E-state index contributed by atoms with van der Waals surface area (Å²) in [6.07, 6.45) is 0.113. The van der Waals surface area contributed by atoms with Gasteiger partial charge >= 0.3 is 5.97 Å². The number of ether oxygens (including phenoxy) is 2. The number of nitrogens with one attached hydrogen (secondary N) is 1. The van der Waals surface area contributed by atoms with E-state index in [0.717, 1.165) is 16.9 Å². The Morgan fingerprint density at radius 1 is 1.00 bits per heavy atom. The van der Waals surface area contributed by atoms with Crippen molar-refractivity contribution in [2.45, 2.75) is 13.3 Å². The Bertz CT molecular complexity index is 662. The average Bonchev–Trinajstić information content (AvgIpc) is 2.56. The van der Waals surface area contributed by atoms with Gasteiger partial charge in [-0.2, -0.15) is 0 Å². The van der Waals surface area contributed by atoms with Crippen LogP contribution in [0.25, 0.3) is 0 Å². The normalized spacial score (nSPS) is 10.0. The van der Waals surface area contributed by atoms with E-state index in [1.807, 2.05) is 19.1 Å². The first-order valence-electron chi connectivity index (χ1n) is 7.22. The number of anilines is 1. The first-order chi connectivity index (χ1) is 11.1. The molecule has 2 aromatic rings. The number of amides is 1. The molecule has 1 amide bonds. The van der Waals surface area contributed by atoms with Gasteiger partial charge in [0.05, 0.1) is 13.5 Å². The number of hydrogen-bond acceptors (Lipinski definition) is 4. The van der Waals surface area contributed by atoms with Gasteiger partial charge in [-0.25, -0.2) is 0 Å². The number of esters is 1. The molecule has 0 spiro atoms. The molecule has 0 saturated heterocycles. The van der Waals surface area contributed by atoms with Crippen LogP contribution >= 0.6 is 0 Å². The van der Waals surface area contributed by atoms with Crippen LogP contribution in [0.5, 0.6) is 5.75 Å². The largest absolute Gasteiger partial charge is 0.497 e. The van der Waals surface area contributed by atoms with Crippen LogP contribution < -0.4 is 10.1 Å². The molecule has 5 nitrogen and oxygen atoms in total. The third-order valence-corrected chi connectivity index (χ3v) is 3.21. The number of methoxy groups -OCH3 is 1. The van der Waals surface area contributed by atoms with Crippen LogP contribution in [0.2, 0.25) is 0 Å². The molecule has 0 saturated carbocycles. The van der Waals surface area contributed by atoms with Crippen LogP contribution in [0.1, 0.15) is 11.1 Å². The molecule has 1 N–H and O–H groups in total. The fourth-order valence-corrected chi connectivity index (χ4v) is 1.94. The van der Waals surface area contributed by atoms with Crippen LogP contribution in [0.4, 0.5) is 5.69 Å². The summed E-state index contributed by atoms with van der Waals surface area (Å²) in [6, 6.07) is 14.5. The number of carbonyl (C=O) groups is 2. The molecule has 0 aliphatic heterocycles. The zero-order valence-electron chi connectivity index (χ0n) is 13.2. The van der Waals surface area contributed by atoms with Gasteiger partial charge in [0.25, 0.3) is 5.91 Å². The molecular weight excluding hydrogens is 294 g/mol. The lowest BCUT2D eigenvalue weighted by Crippen LogP contribution is -2.21. The molecule has 2 rings (SSSR count). The Morgan fingerprint density at radius 2 is 1.65 bits per heavy atom. The van der Waals surface area contributed by atoms with E-state index in [-0.39, 0.29) is 18.9 Å². The quantitative estimate of drug-likeness (QED) is 0.833. The van der Waals surface area contributed by atoms with E-state index in [2.05, 4.69) is 5.32 Å². The average molecular weight is 313 g/mol. The molecule has 0 heterocycles. The highest BCUT2D eigenvalue weighted by Gasteiger charge is 2.09. The highest BCUT2D eigenvalue weighted by molar-refractivity contribution is 5.92. The molecule has 2 aromatic carbocycles. The molecule has 0 atom stereocenters. The molecule has 0 fully saturated rings. The molecule has 120 valence electrons. The van der Waals surface area contributed by atoms with Gasteiger partial charge in [-0.05, 0) is 36.8 Å². The van der Waals surface area contributed by atoms with Crippen molar-refractivity contribution in [1.82, 2.24) is 0 Å². The van der Waals surface area contributed by atoms with Crippen molar-refractivity contribution < 1.29 is 19.1 Å². The maximum atomic E-state index is 11.7. The Kier molecular flexibility index (Phi) is 5.74. The molecule has 0 aliphatic carbocycles. The van der Waals surface area contributed by atoms with Crippen LogP contribution in [-0.4, -0.2) is 25.6 Å². The zero-order chi connectivity index (χ0) is 16.7. The Balaban J connectivity index is 1.76. The van der Waals surface area contributed by atoms with E-state index < -0.39 is 5.97 Å².